The first-order valence-electron chi connectivity index (χ1n) is 5.88. The van der Waals surface area contributed by atoms with E-state index in [9.17, 15) is 4.79 Å². The molecule has 4 heteroatoms. The molecule has 0 saturated carbocycles. The highest BCUT2D eigenvalue weighted by atomic mass is 35.5. The smallest absolute Gasteiger partial charge is 0.234 e. The fourth-order valence-corrected chi connectivity index (χ4v) is 2.62. The summed E-state index contributed by atoms with van der Waals surface area (Å²) in [5, 5.41) is 3.44. The number of amides is 1. The van der Waals surface area contributed by atoms with Crippen molar-refractivity contribution in [3.8, 4) is 0 Å². The Morgan fingerprint density at radius 3 is 2.74 bits per heavy atom. The molecule has 0 aliphatic heterocycles. The topological polar surface area (TPSA) is 29.1 Å². The standard InChI is InChI=1S/C15H14ClNOS/c1-11-4-2-7-14(8-11)19-10-15(18)17-13-6-3-5-12(16)9-13/h2-9H,10H2,1H3,(H,17,18). The Kier molecular flexibility index (Phi) is 4.88. The zero-order chi connectivity index (χ0) is 13.7. The molecule has 0 aliphatic carbocycles. The molecule has 2 nitrogen and oxygen atoms in total. The lowest BCUT2D eigenvalue weighted by atomic mass is 10.2. The lowest BCUT2D eigenvalue weighted by Crippen LogP contribution is -2.13. The van der Waals surface area contributed by atoms with Gasteiger partial charge in [-0.25, -0.2) is 0 Å². The van der Waals surface area contributed by atoms with E-state index in [-0.39, 0.29) is 5.91 Å². The van der Waals surface area contributed by atoms with Crippen LogP contribution in [0.25, 0.3) is 0 Å². The van der Waals surface area contributed by atoms with E-state index in [4.69, 9.17) is 11.6 Å². The first-order chi connectivity index (χ1) is 9.13. The SMILES string of the molecule is Cc1cccc(SCC(=O)Nc2cccc(Cl)c2)c1. The molecule has 98 valence electrons. The minimum absolute atomic E-state index is 0.0335. The molecule has 0 heterocycles. The van der Waals surface area contributed by atoms with Crippen LogP contribution >= 0.6 is 23.4 Å². The Balaban J connectivity index is 1.88. The Bertz CT molecular complexity index is 586. The number of thioether (sulfide) groups is 1. The molecular weight excluding hydrogens is 278 g/mol. The summed E-state index contributed by atoms with van der Waals surface area (Å²) >= 11 is 7.38. The highest BCUT2D eigenvalue weighted by Crippen LogP contribution is 2.20. The third kappa shape index (κ3) is 4.62. The first kappa shape index (κ1) is 14.0. The number of halogens is 1. The van der Waals surface area contributed by atoms with Gasteiger partial charge in [0.1, 0.15) is 0 Å². The zero-order valence-corrected chi connectivity index (χ0v) is 12.1. The van der Waals surface area contributed by atoms with Gasteiger partial charge in [0.15, 0.2) is 0 Å². The maximum Gasteiger partial charge on any atom is 0.234 e. The van der Waals surface area contributed by atoms with Crippen molar-refractivity contribution in [2.24, 2.45) is 0 Å². The normalized spacial score (nSPS) is 10.2. The van der Waals surface area contributed by atoms with Gasteiger partial charge in [-0.15, -0.1) is 11.8 Å². The van der Waals surface area contributed by atoms with Crippen LogP contribution in [0.3, 0.4) is 0 Å². The molecule has 1 amide bonds. The Morgan fingerprint density at radius 2 is 2.00 bits per heavy atom. The summed E-state index contributed by atoms with van der Waals surface area (Å²) in [6.45, 7) is 2.04. The highest BCUT2D eigenvalue weighted by Gasteiger charge is 2.04. The number of carbonyl (C=O) groups is 1. The molecule has 1 N–H and O–H groups in total. The Hall–Kier alpha value is -1.45. The number of hydrogen-bond donors (Lipinski definition) is 1. The van der Waals surface area contributed by atoms with E-state index in [0.717, 1.165) is 10.6 Å². The number of anilines is 1. The molecule has 19 heavy (non-hydrogen) atoms. The summed E-state index contributed by atoms with van der Waals surface area (Å²) in [5.41, 5.74) is 1.92. The summed E-state index contributed by atoms with van der Waals surface area (Å²) in [6.07, 6.45) is 0. The number of rotatable bonds is 4. The minimum atomic E-state index is -0.0335. The third-order valence-corrected chi connectivity index (χ3v) is 3.70. The van der Waals surface area contributed by atoms with E-state index in [0.29, 0.717) is 10.8 Å². The van der Waals surface area contributed by atoms with Gasteiger partial charge in [-0.2, -0.15) is 0 Å². The van der Waals surface area contributed by atoms with Crippen molar-refractivity contribution < 1.29 is 4.79 Å². The van der Waals surface area contributed by atoms with Gasteiger partial charge >= 0.3 is 0 Å². The van der Waals surface area contributed by atoms with E-state index in [1.165, 1.54) is 17.3 Å². The molecule has 0 aromatic heterocycles. The Morgan fingerprint density at radius 1 is 1.21 bits per heavy atom. The van der Waals surface area contributed by atoms with Crippen molar-refractivity contribution in [3.63, 3.8) is 0 Å². The predicted molar refractivity (Wildman–Crippen MR) is 82.0 cm³/mol. The van der Waals surface area contributed by atoms with Crippen LogP contribution in [0.5, 0.6) is 0 Å². The van der Waals surface area contributed by atoms with E-state index in [2.05, 4.69) is 11.4 Å². The van der Waals surface area contributed by atoms with Crippen molar-refractivity contribution in [2.75, 3.05) is 11.1 Å². The highest BCUT2D eigenvalue weighted by molar-refractivity contribution is 8.00. The van der Waals surface area contributed by atoms with E-state index < -0.39 is 0 Å². The van der Waals surface area contributed by atoms with Crippen molar-refractivity contribution >= 4 is 35.0 Å². The quantitative estimate of drug-likeness (QED) is 0.847. The summed E-state index contributed by atoms with van der Waals surface area (Å²) in [6, 6.07) is 15.2. The predicted octanol–water partition coefficient (Wildman–Crippen LogP) is 4.38. The van der Waals surface area contributed by atoms with E-state index in [1.54, 1.807) is 12.1 Å². The van der Waals surface area contributed by atoms with Gasteiger partial charge in [-0.1, -0.05) is 35.4 Å². The van der Waals surface area contributed by atoms with Gasteiger partial charge in [-0.05, 0) is 37.3 Å². The molecule has 0 saturated heterocycles. The van der Waals surface area contributed by atoms with Crippen LogP contribution in [-0.4, -0.2) is 11.7 Å². The summed E-state index contributed by atoms with van der Waals surface area (Å²) in [5.74, 6) is 0.351. The fourth-order valence-electron chi connectivity index (χ4n) is 1.62. The summed E-state index contributed by atoms with van der Waals surface area (Å²) in [4.78, 5) is 12.9. The number of carbonyl (C=O) groups excluding carboxylic acids is 1. The third-order valence-electron chi connectivity index (χ3n) is 2.47. The van der Waals surface area contributed by atoms with E-state index in [1.807, 2.05) is 37.3 Å². The molecule has 0 fully saturated rings. The van der Waals surface area contributed by atoms with Crippen LogP contribution in [0.1, 0.15) is 5.56 Å². The largest absolute Gasteiger partial charge is 0.325 e. The number of nitrogens with one attached hydrogen (secondary N) is 1. The van der Waals surface area contributed by atoms with Crippen LogP contribution < -0.4 is 5.32 Å². The van der Waals surface area contributed by atoms with Gasteiger partial charge < -0.3 is 5.32 Å². The molecule has 0 unspecified atom stereocenters. The molecule has 0 bridgehead atoms. The fraction of sp³-hybridized carbons (Fsp3) is 0.133. The molecule has 2 aromatic rings. The molecule has 0 spiro atoms. The van der Waals surface area contributed by atoms with Crippen LogP contribution in [0, 0.1) is 6.92 Å². The molecule has 0 radical (unpaired) electrons. The summed E-state index contributed by atoms with van der Waals surface area (Å²) < 4.78 is 0. The second kappa shape index (κ2) is 6.64. The second-order valence-corrected chi connectivity index (χ2v) is 5.65. The maximum absolute atomic E-state index is 11.8. The van der Waals surface area contributed by atoms with Gasteiger partial charge in [0.2, 0.25) is 5.91 Å². The van der Waals surface area contributed by atoms with Crippen molar-refractivity contribution in [1.82, 2.24) is 0 Å². The van der Waals surface area contributed by atoms with Crippen molar-refractivity contribution in [2.45, 2.75) is 11.8 Å². The molecule has 0 atom stereocenters. The van der Waals surface area contributed by atoms with Gasteiger partial charge in [0.25, 0.3) is 0 Å². The second-order valence-electron chi connectivity index (χ2n) is 4.16. The molecule has 0 aliphatic rings. The zero-order valence-electron chi connectivity index (χ0n) is 10.5. The van der Waals surface area contributed by atoms with Gasteiger partial charge in [-0.3, -0.25) is 4.79 Å². The molecule has 2 aromatic carbocycles. The van der Waals surface area contributed by atoms with Crippen molar-refractivity contribution in [1.29, 1.82) is 0 Å². The van der Waals surface area contributed by atoms with Crippen molar-refractivity contribution in [3.05, 3.63) is 59.1 Å². The number of hydrogen-bond acceptors (Lipinski definition) is 2. The molecule has 2 rings (SSSR count). The number of benzene rings is 2. The number of aryl methyl sites for hydroxylation is 1. The van der Waals surface area contributed by atoms with Gasteiger partial charge in [0, 0.05) is 15.6 Å². The maximum atomic E-state index is 11.8. The molecular formula is C15H14ClNOS. The van der Waals surface area contributed by atoms with E-state index >= 15 is 0 Å². The van der Waals surface area contributed by atoms with Crippen LogP contribution in [0.2, 0.25) is 5.02 Å². The Labute approximate surface area is 122 Å². The lowest BCUT2D eigenvalue weighted by Gasteiger charge is -2.06. The average Bonchev–Trinajstić information content (AvgIpc) is 2.36. The first-order valence-corrected chi connectivity index (χ1v) is 7.25. The van der Waals surface area contributed by atoms with Crippen LogP contribution in [0.4, 0.5) is 5.69 Å². The lowest BCUT2D eigenvalue weighted by molar-refractivity contribution is -0.113. The minimum Gasteiger partial charge on any atom is -0.325 e. The van der Waals surface area contributed by atoms with Gasteiger partial charge in [0.05, 0.1) is 5.75 Å². The van der Waals surface area contributed by atoms with Crippen LogP contribution in [-0.2, 0) is 4.79 Å². The summed E-state index contributed by atoms with van der Waals surface area (Å²) in [7, 11) is 0. The monoisotopic (exact) mass is 291 g/mol. The van der Waals surface area contributed by atoms with Crippen LogP contribution in [0.15, 0.2) is 53.4 Å². The average molecular weight is 292 g/mol.